The van der Waals surface area contributed by atoms with Crippen LogP contribution in [0.25, 0.3) is 0 Å². The molecule has 1 amide bonds. The summed E-state index contributed by atoms with van der Waals surface area (Å²) < 4.78 is 0. The van der Waals surface area contributed by atoms with Gasteiger partial charge in [-0.1, -0.05) is 11.6 Å². The largest absolute Gasteiger partial charge is 0.515 e. The van der Waals surface area contributed by atoms with E-state index in [1.54, 1.807) is 24.0 Å². The fourth-order valence-electron chi connectivity index (χ4n) is 2.13. The number of rotatable bonds is 3. The van der Waals surface area contributed by atoms with Crippen LogP contribution in [0.3, 0.4) is 0 Å². The van der Waals surface area contributed by atoms with Crippen LogP contribution < -0.4 is 5.73 Å². The molecule has 0 saturated heterocycles. The van der Waals surface area contributed by atoms with Crippen molar-refractivity contribution < 1.29 is 9.90 Å². The summed E-state index contributed by atoms with van der Waals surface area (Å²) in [5.41, 5.74) is 8.40. The lowest BCUT2D eigenvalue weighted by Gasteiger charge is -2.24. The van der Waals surface area contributed by atoms with E-state index in [9.17, 15) is 4.79 Å². The maximum absolute atomic E-state index is 12.3. The van der Waals surface area contributed by atoms with Gasteiger partial charge in [0.15, 0.2) is 0 Å². The minimum atomic E-state index is -0.291. The highest BCUT2D eigenvalue weighted by Crippen LogP contribution is 2.29. The van der Waals surface area contributed by atoms with Crippen molar-refractivity contribution in [2.75, 3.05) is 0 Å². The Morgan fingerprint density at radius 1 is 1.65 bits per heavy atom. The molecule has 5 nitrogen and oxygen atoms in total. The first-order valence-electron chi connectivity index (χ1n) is 6.18. The molecular weight excluding hydrogens is 278 g/mol. The third kappa shape index (κ3) is 2.49. The van der Waals surface area contributed by atoms with Gasteiger partial charge in [-0.15, -0.1) is 0 Å². The Kier molecular flexibility index (Phi) is 3.99. The average molecular weight is 294 g/mol. The number of allylic oxidation sites excluding steroid dienone is 2. The van der Waals surface area contributed by atoms with Crippen LogP contribution in [0.15, 0.2) is 35.9 Å². The number of aromatic nitrogens is 1. The van der Waals surface area contributed by atoms with Crippen LogP contribution in [0.1, 0.15) is 29.8 Å². The molecule has 0 aliphatic carbocycles. The Bertz CT molecular complexity index is 610. The molecular formula is C14H16ClN3O2. The predicted molar refractivity (Wildman–Crippen MR) is 77.2 cm³/mol. The number of amides is 1. The van der Waals surface area contributed by atoms with Gasteiger partial charge in [0, 0.05) is 23.0 Å². The second kappa shape index (κ2) is 5.54. The third-order valence-corrected chi connectivity index (χ3v) is 3.70. The lowest BCUT2D eigenvalue weighted by atomic mass is 10.1. The Labute approximate surface area is 122 Å². The highest BCUT2D eigenvalue weighted by atomic mass is 35.5. The van der Waals surface area contributed by atoms with Gasteiger partial charge in [0.2, 0.25) is 0 Å². The van der Waals surface area contributed by atoms with E-state index in [1.165, 1.54) is 6.20 Å². The summed E-state index contributed by atoms with van der Waals surface area (Å²) in [4.78, 5) is 18.0. The topological polar surface area (TPSA) is 79.5 Å². The van der Waals surface area contributed by atoms with Crippen molar-refractivity contribution in [3.8, 4) is 0 Å². The van der Waals surface area contributed by atoms with Crippen molar-refractivity contribution in [3.05, 3.63) is 52.2 Å². The number of aliphatic hydroxyl groups is 1. The molecule has 1 aliphatic rings. The predicted octanol–water partition coefficient (Wildman–Crippen LogP) is 2.38. The number of pyridine rings is 1. The molecule has 1 aliphatic heterocycles. The standard InChI is InChI=1S/C14H16ClN3O2/c1-8(7-19)5-12(16)9(2)18-6-11-10(14(18)20)3-4-17-13(11)15/h3-5,7,9,19H,6,16H2,1-2H3/b8-7+,12-5-. The maximum atomic E-state index is 12.3. The molecule has 0 radical (unpaired) electrons. The van der Waals surface area contributed by atoms with Gasteiger partial charge in [-0.3, -0.25) is 4.79 Å². The number of hydrogen-bond acceptors (Lipinski definition) is 4. The molecule has 1 aromatic rings. The third-order valence-electron chi connectivity index (χ3n) is 3.37. The van der Waals surface area contributed by atoms with Crippen molar-refractivity contribution in [2.24, 2.45) is 5.73 Å². The summed E-state index contributed by atoms with van der Waals surface area (Å²) in [6.45, 7) is 3.95. The molecule has 0 aromatic carbocycles. The Balaban J connectivity index is 2.27. The molecule has 3 N–H and O–H groups in total. The van der Waals surface area contributed by atoms with E-state index in [4.69, 9.17) is 22.4 Å². The molecule has 2 rings (SSSR count). The van der Waals surface area contributed by atoms with E-state index in [0.717, 1.165) is 11.8 Å². The molecule has 2 heterocycles. The van der Waals surface area contributed by atoms with Gasteiger partial charge in [0.05, 0.1) is 18.8 Å². The van der Waals surface area contributed by atoms with Gasteiger partial charge in [-0.2, -0.15) is 0 Å². The lowest BCUT2D eigenvalue weighted by molar-refractivity contribution is 0.0740. The quantitative estimate of drug-likeness (QED) is 0.509. The van der Waals surface area contributed by atoms with Crippen molar-refractivity contribution >= 4 is 17.5 Å². The highest BCUT2D eigenvalue weighted by Gasteiger charge is 2.33. The van der Waals surface area contributed by atoms with Crippen LogP contribution in [0.2, 0.25) is 5.15 Å². The number of halogens is 1. The minimum absolute atomic E-state index is 0.112. The van der Waals surface area contributed by atoms with Crippen LogP contribution in [-0.4, -0.2) is 26.9 Å². The first-order valence-corrected chi connectivity index (χ1v) is 6.56. The average Bonchev–Trinajstić information content (AvgIpc) is 2.77. The van der Waals surface area contributed by atoms with Gasteiger partial charge in [-0.25, -0.2) is 4.98 Å². The number of nitrogens with zero attached hydrogens (tertiary/aromatic N) is 2. The zero-order chi connectivity index (χ0) is 14.9. The molecule has 1 unspecified atom stereocenters. The van der Waals surface area contributed by atoms with E-state index in [1.807, 2.05) is 6.92 Å². The lowest BCUT2D eigenvalue weighted by Crippen LogP contribution is -2.37. The summed E-state index contributed by atoms with van der Waals surface area (Å²) >= 11 is 6.01. The van der Waals surface area contributed by atoms with Crippen molar-refractivity contribution in [2.45, 2.75) is 26.4 Å². The Morgan fingerprint density at radius 3 is 2.95 bits per heavy atom. The number of aliphatic hydroxyl groups excluding tert-OH is 1. The summed E-state index contributed by atoms with van der Waals surface area (Å²) in [6, 6.07) is 1.37. The Morgan fingerprint density at radius 2 is 2.35 bits per heavy atom. The first-order chi connectivity index (χ1) is 9.45. The van der Waals surface area contributed by atoms with Crippen molar-refractivity contribution in [1.82, 2.24) is 9.88 Å². The van der Waals surface area contributed by atoms with Crippen molar-refractivity contribution in [1.29, 1.82) is 0 Å². The smallest absolute Gasteiger partial charge is 0.255 e. The van der Waals surface area contributed by atoms with Gasteiger partial charge in [0.25, 0.3) is 5.91 Å². The van der Waals surface area contributed by atoms with E-state index in [0.29, 0.717) is 28.5 Å². The van der Waals surface area contributed by atoms with Crippen LogP contribution in [-0.2, 0) is 6.54 Å². The van der Waals surface area contributed by atoms with Crippen LogP contribution in [0, 0.1) is 0 Å². The SMILES string of the molecule is CC(/C=C(\N)C(C)N1Cc2c(ccnc2Cl)C1=O)=C\O. The molecule has 6 heteroatoms. The number of hydrogen-bond donors (Lipinski definition) is 2. The van der Waals surface area contributed by atoms with Crippen LogP contribution in [0.4, 0.5) is 0 Å². The fraction of sp³-hybridized carbons (Fsp3) is 0.286. The molecule has 20 heavy (non-hydrogen) atoms. The molecule has 0 fully saturated rings. The minimum Gasteiger partial charge on any atom is -0.515 e. The van der Waals surface area contributed by atoms with Crippen LogP contribution >= 0.6 is 11.6 Å². The van der Waals surface area contributed by atoms with Crippen molar-refractivity contribution in [3.63, 3.8) is 0 Å². The zero-order valence-corrected chi connectivity index (χ0v) is 12.1. The van der Waals surface area contributed by atoms with Gasteiger partial charge >= 0.3 is 0 Å². The van der Waals surface area contributed by atoms with E-state index >= 15 is 0 Å². The van der Waals surface area contributed by atoms with E-state index in [-0.39, 0.29) is 11.9 Å². The van der Waals surface area contributed by atoms with E-state index < -0.39 is 0 Å². The molecule has 1 aromatic heterocycles. The molecule has 0 saturated carbocycles. The van der Waals surface area contributed by atoms with Gasteiger partial charge in [0.1, 0.15) is 5.15 Å². The number of fused-ring (bicyclic) bond motifs is 1. The number of carbonyl (C=O) groups excluding carboxylic acids is 1. The van der Waals surface area contributed by atoms with Gasteiger partial charge in [-0.05, 0) is 31.6 Å². The number of nitrogens with two attached hydrogens (primary N) is 1. The zero-order valence-electron chi connectivity index (χ0n) is 11.3. The summed E-state index contributed by atoms with van der Waals surface area (Å²) in [7, 11) is 0. The second-order valence-electron chi connectivity index (χ2n) is 4.75. The highest BCUT2D eigenvalue weighted by molar-refractivity contribution is 6.30. The first kappa shape index (κ1) is 14.4. The normalized spacial score (nSPS) is 17.4. The summed E-state index contributed by atoms with van der Waals surface area (Å²) in [5, 5.41) is 9.24. The van der Waals surface area contributed by atoms with Gasteiger partial charge < -0.3 is 15.7 Å². The second-order valence-corrected chi connectivity index (χ2v) is 5.11. The van der Waals surface area contributed by atoms with Crippen LogP contribution in [0.5, 0.6) is 0 Å². The molecule has 0 spiro atoms. The molecule has 106 valence electrons. The summed E-state index contributed by atoms with van der Waals surface area (Å²) in [6.07, 6.45) is 4.13. The fourth-order valence-corrected chi connectivity index (χ4v) is 2.35. The van der Waals surface area contributed by atoms with E-state index in [2.05, 4.69) is 4.98 Å². The molecule has 1 atom stereocenters. The Hall–Kier alpha value is -2.01. The number of carbonyl (C=O) groups is 1. The molecule has 0 bridgehead atoms. The maximum Gasteiger partial charge on any atom is 0.255 e. The summed E-state index contributed by atoms with van der Waals surface area (Å²) in [5.74, 6) is -0.112. The monoisotopic (exact) mass is 293 g/mol.